The number of hydrogen-bond donors (Lipinski definition) is 0. The van der Waals surface area contributed by atoms with Crippen LogP contribution in [0, 0.1) is 0 Å². The lowest BCUT2D eigenvalue weighted by Gasteiger charge is -2.19. The van der Waals surface area contributed by atoms with Crippen LogP contribution >= 0.6 is 0 Å². The van der Waals surface area contributed by atoms with Crippen molar-refractivity contribution in [3.63, 3.8) is 0 Å². The minimum atomic E-state index is -4.46. The van der Waals surface area contributed by atoms with Crippen molar-refractivity contribution in [1.82, 2.24) is 0 Å². The summed E-state index contributed by atoms with van der Waals surface area (Å²) >= 11 is 0. The second-order valence-corrected chi connectivity index (χ2v) is 6.27. The molecule has 0 aliphatic rings. The fourth-order valence-electron chi connectivity index (χ4n) is 2.07. The van der Waals surface area contributed by atoms with Crippen LogP contribution in [-0.4, -0.2) is 7.11 Å². The van der Waals surface area contributed by atoms with Crippen LogP contribution in [-0.2, 0) is 11.6 Å². The number of halogens is 3. The first-order chi connectivity index (χ1) is 10.6. The average molecular weight is 324 g/mol. The molecule has 2 aromatic carbocycles. The fourth-order valence-corrected chi connectivity index (χ4v) is 2.07. The molecule has 2 rings (SSSR count). The Balaban J connectivity index is 2.29. The molecule has 5 heteroatoms. The maximum atomic E-state index is 12.9. The first-order valence-electron chi connectivity index (χ1n) is 7.14. The van der Waals surface area contributed by atoms with Crippen molar-refractivity contribution in [2.24, 2.45) is 0 Å². The molecule has 2 aromatic rings. The molecule has 0 aliphatic carbocycles. The normalized spacial score (nSPS) is 12.1. The third-order valence-corrected chi connectivity index (χ3v) is 3.40. The van der Waals surface area contributed by atoms with E-state index in [0.29, 0.717) is 5.75 Å². The quantitative estimate of drug-likeness (QED) is 0.710. The lowest BCUT2D eigenvalue weighted by Crippen LogP contribution is -2.10. The Morgan fingerprint density at radius 3 is 1.78 bits per heavy atom. The lowest BCUT2D eigenvalue weighted by molar-refractivity contribution is -0.137. The van der Waals surface area contributed by atoms with E-state index in [2.05, 4.69) is 20.8 Å². The van der Waals surface area contributed by atoms with Crippen LogP contribution in [0.4, 0.5) is 13.2 Å². The Kier molecular flexibility index (Phi) is 4.59. The third kappa shape index (κ3) is 4.41. The zero-order valence-electron chi connectivity index (χ0n) is 13.5. The molecule has 0 atom stereocenters. The summed E-state index contributed by atoms with van der Waals surface area (Å²) < 4.78 is 49.1. The summed E-state index contributed by atoms with van der Waals surface area (Å²) in [5.41, 5.74) is 0.308. The van der Waals surface area contributed by atoms with Gasteiger partial charge < -0.3 is 9.47 Å². The molecule has 0 N–H and O–H groups in total. The van der Waals surface area contributed by atoms with Crippen LogP contribution in [0.1, 0.15) is 31.9 Å². The molecular weight excluding hydrogens is 305 g/mol. The molecule has 0 amide bonds. The lowest BCUT2D eigenvalue weighted by atomic mass is 9.87. The zero-order valence-corrected chi connectivity index (χ0v) is 13.5. The van der Waals surface area contributed by atoms with E-state index in [0.717, 1.165) is 17.7 Å². The Bertz CT molecular complexity index is 668. The van der Waals surface area contributed by atoms with Crippen LogP contribution in [0.5, 0.6) is 17.2 Å². The molecular formula is C18H19F3O2. The maximum absolute atomic E-state index is 12.9. The number of hydrogen-bond acceptors (Lipinski definition) is 2. The molecule has 0 saturated heterocycles. The highest BCUT2D eigenvalue weighted by molar-refractivity contribution is 5.42. The Labute approximate surface area is 133 Å². The van der Waals surface area contributed by atoms with E-state index in [1.54, 1.807) is 12.1 Å². The molecule has 124 valence electrons. The molecule has 2 nitrogen and oxygen atoms in total. The van der Waals surface area contributed by atoms with Crippen LogP contribution in [0.15, 0.2) is 42.5 Å². The minimum absolute atomic E-state index is 0.00203. The summed E-state index contributed by atoms with van der Waals surface area (Å²) in [5.74, 6) is 0.653. The van der Waals surface area contributed by atoms with E-state index in [1.165, 1.54) is 13.2 Å². The van der Waals surface area contributed by atoms with E-state index in [4.69, 9.17) is 9.47 Å². The first kappa shape index (κ1) is 17.2. The number of ether oxygens (including phenoxy) is 2. The maximum Gasteiger partial charge on any atom is 0.416 e. The van der Waals surface area contributed by atoms with Crippen LogP contribution < -0.4 is 9.47 Å². The van der Waals surface area contributed by atoms with Gasteiger partial charge in [-0.2, -0.15) is 13.2 Å². The molecule has 0 heterocycles. The van der Waals surface area contributed by atoms with E-state index >= 15 is 0 Å². The topological polar surface area (TPSA) is 18.5 Å². The zero-order chi connectivity index (χ0) is 17.3. The van der Waals surface area contributed by atoms with E-state index in [-0.39, 0.29) is 16.9 Å². The van der Waals surface area contributed by atoms with E-state index in [1.807, 2.05) is 12.1 Å². The van der Waals surface area contributed by atoms with Gasteiger partial charge in [0, 0.05) is 6.07 Å². The largest absolute Gasteiger partial charge is 0.497 e. The highest BCUT2D eigenvalue weighted by Gasteiger charge is 2.31. The van der Waals surface area contributed by atoms with Crippen molar-refractivity contribution >= 4 is 0 Å². The summed E-state index contributed by atoms with van der Waals surface area (Å²) in [6.45, 7) is 6.25. The molecule has 0 aromatic heterocycles. The number of benzene rings is 2. The van der Waals surface area contributed by atoms with Gasteiger partial charge in [0.1, 0.15) is 17.2 Å². The van der Waals surface area contributed by atoms with Gasteiger partial charge in [-0.1, -0.05) is 32.9 Å². The van der Waals surface area contributed by atoms with Gasteiger partial charge in [0.25, 0.3) is 0 Å². The smallest absolute Gasteiger partial charge is 0.416 e. The van der Waals surface area contributed by atoms with Crippen molar-refractivity contribution in [2.45, 2.75) is 32.4 Å². The average Bonchev–Trinajstić information content (AvgIpc) is 2.45. The van der Waals surface area contributed by atoms with Crippen molar-refractivity contribution in [1.29, 1.82) is 0 Å². The predicted molar refractivity (Wildman–Crippen MR) is 83.2 cm³/mol. The molecule has 0 aliphatic heterocycles. The van der Waals surface area contributed by atoms with Crippen LogP contribution in [0.2, 0.25) is 0 Å². The number of methoxy groups -OCH3 is 1. The van der Waals surface area contributed by atoms with Crippen molar-refractivity contribution in [2.75, 3.05) is 7.11 Å². The minimum Gasteiger partial charge on any atom is -0.497 e. The number of alkyl halides is 3. The summed E-state index contributed by atoms with van der Waals surface area (Å²) in [6, 6.07) is 10.6. The van der Waals surface area contributed by atoms with Gasteiger partial charge in [-0.25, -0.2) is 0 Å². The second-order valence-electron chi connectivity index (χ2n) is 6.27. The molecule has 0 fully saturated rings. The fraction of sp³-hybridized carbons (Fsp3) is 0.333. The van der Waals surface area contributed by atoms with Gasteiger partial charge in [0.2, 0.25) is 0 Å². The molecule has 23 heavy (non-hydrogen) atoms. The van der Waals surface area contributed by atoms with Crippen LogP contribution in [0.3, 0.4) is 0 Å². The monoisotopic (exact) mass is 324 g/mol. The first-order valence-corrected chi connectivity index (χ1v) is 7.14. The van der Waals surface area contributed by atoms with Crippen molar-refractivity contribution in [3.8, 4) is 17.2 Å². The molecule has 0 spiro atoms. The third-order valence-electron chi connectivity index (χ3n) is 3.40. The van der Waals surface area contributed by atoms with Gasteiger partial charge in [-0.15, -0.1) is 0 Å². The van der Waals surface area contributed by atoms with E-state index in [9.17, 15) is 13.2 Å². The highest BCUT2D eigenvalue weighted by atomic mass is 19.4. The second kappa shape index (κ2) is 6.14. The SMILES string of the molecule is COc1cc(Oc2ccc(C(C)(C)C)cc2)cc(C(F)(F)F)c1. The Morgan fingerprint density at radius 2 is 1.30 bits per heavy atom. The summed E-state index contributed by atoms with van der Waals surface area (Å²) in [7, 11) is 1.32. The van der Waals surface area contributed by atoms with Crippen molar-refractivity contribution < 1.29 is 22.6 Å². The number of rotatable bonds is 3. The van der Waals surface area contributed by atoms with Gasteiger partial charge in [0.05, 0.1) is 12.7 Å². The van der Waals surface area contributed by atoms with Gasteiger partial charge in [-0.05, 0) is 35.2 Å². The highest BCUT2D eigenvalue weighted by Crippen LogP contribution is 2.36. The van der Waals surface area contributed by atoms with Crippen molar-refractivity contribution in [3.05, 3.63) is 53.6 Å². The Morgan fingerprint density at radius 1 is 0.739 bits per heavy atom. The standard InChI is InChI=1S/C18H19F3O2/c1-17(2,3)12-5-7-14(8-6-12)23-16-10-13(18(19,20)21)9-15(11-16)22-4/h5-11H,1-4H3. The molecule has 0 unspecified atom stereocenters. The summed E-state index contributed by atoms with van der Waals surface area (Å²) in [6.07, 6.45) is -4.46. The van der Waals surface area contributed by atoms with Gasteiger partial charge in [0.15, 0.2) is 0 Å². The predicted octanol–water partition coefficient (Wildman–Crippen LogP) is 5.80. The summed E-state index contributed by atoms with van der Waals surface area (Å²) in [4.78, 5) is 0. The Hall–Kier alpha value is -2.17. The molecule has 0 bridgehead atoms. The summed E-state index contributed by atoms with van der Waals surface area (Å²) in [5, 5.41) is 0. The van der Waals surface area contributed by atoms with Gasteiger partial charge >= 0.3 is 6.18 Å². The molecule has 0 radical (unpaired) electrons. The van der Waals surface area contributed by atoms with E-state index < -0.39 is 11.7 Å². The van der Waals surface area contributed by atoms with Crippen LogP contribution in [0.25, 0.3) is 0 Å². The molecule has 0 saturated carbocycles. The van der Waals surface area contributed by atoms with Gasteiger partial charge in [-0.3, -0.25) is 0 Å².